The molecule has 0 spiro atoms. The Hall–Kier alpha value is -2.33. The number of hydrogen-bond donors (Lipinski definition) is 1. The molecule has 0 aliphatic carbocycles. The molecule has 2 saturated heterocycles. The summed E-state index contributed by atoms with van der Waals surface area (Å²) in [5.41, 5.74) is 3.47. The van der Waals surface area contributed by atoms with Crippen molar-refractivity contribution in [3.05, 3.63) is 48.8 Å². The lowest BCUT2D eigenvalue weighted by atomic mass is 10.0. The third-order valence-corrected chi connectivity index (χ3v) is 5.97. The Bertz CT molecular complexity index is 872. The van der Waals surface area contributed by atoms with Crippen LogP contribution in [0.25, 0.3) is 22.0 Å². The first kappa shape index (κ1) is 15.0. The number of nitrogens with one attached hydrogen (secondary N) is 1. The number of aromatic nitrogens is 2. The fraction of sp³-hybridized carbons (Fsp3) is 0.381. The molecule has 4 nitrogen and oxygen atoms in total. The summed E-state index contributed by atoms with van der Waals surface area (Å²) < 4.78 is 6.19. The van der Waals surface area contributed by atoms with Gasteiger partial charge in [0.25, 0.3) is 0 Å². The normalized spacial score (nSPS) is 26.2. The minimum atomic E-state index is 0.309. The van der Waals surface area contributed by atoms with Crippen LogP contribution in [0.2, 0.25) is 0 Å². The third kappa shape index (κ3) is 2.71. The van der Waals surface area contributed by atoms with Gasteiger partial charge in [-0.25, -0.2) is 4.98 Å². The lowest BCUT2D eigenvalue weighted by Gasteiger charge is -2.36. The van der Waals surface area contributed by atoms with Crippen LogP contribution in [-0.2, 0) is 0 Å². The number of ether oxygens (including phenoxy) is 1. The molecule has 2 bridgehead atoms. The predicted octanol–water partition coefficient (Wildman–Crippen LogP) is 4.23. The van der Waals surface area contributed by atoms with E-state index in [0.29, 0.717) is 18.2 Å². The fourth-order valence-corrected chi connectivity index (χ4v) is 4.48. The summed E-state index contributed by atoms with van der Waals surface area (Å²) >= 11 is 0. The second kappa shape index (κ2) is 5.88. The van der Waals surface area contributed by atoms with E-state index in [-0.39, 0.29) is 0 Å². The molecule has 4 heterocycles. The Morgan fingerprint density at radius 2 is 1.84 bits per heavy atom. The van der Waals surface area contributed by atoms with Crippen molar-refractivity contribution in [1.29, 1.82) is 0 Å². The van der Waals surface area contributed by atoms with Crippen molar-refractivity contribution < 1.29 is 4.74 Å². The number of H-pyrrole nitrogens is 1. The molecular formula is C21H23N3O. The number of benzene rings is 1. The molecular weight excluding hydrogens is 310 g/mol. The molecule has 2 aliphatic rings. The van der Waals surface area contributed by atoms with E-state index in [0.717, 1.165) is 29.8 Å². The second-order valence-corrected chi connectivity index (χ2v) is 7.43. The van der Waals surface area contributed by atoms with Crippen molar-refractivity contribution >= 4 is 10.9 Å². The van der Waals surface area contributed by atoms with E-state index in [2.05, 4.69) is 52.2 Å². The van der Waals surface area contributed by atoms with Crippen molar-refractivity contribution in [1.82, 2.24) is 14.9 Å². The summed E-state index contributed by atoms with van der Waals surface area (Å²) in [6.07, 6.45) is 9.08. The molecule has 3 aromatic rings. The van der Waals surface area contributed by atoms with Crippen LogP contribution in [0.5, 0.6) is 5.88 Å². The minimum absolute atomic E-state index is 0.309. The minimum Gasteiger partial charge on any atom is -0.474 e. The Kier molecular flexibility index (Phi) is 3.52. The van der Waals surface area contributed by atoms with Gasteiger partial charge in [0.2, 0.25) is 5.88 Å². The van der Waals surface area contributed by atoms with Crippen molar-refractivity contribution in [2.75, 3.05) is 7.05 Å². The van der Waals surface area contributed by atoms with Gasteiger partial charge in [0.15, 0.2) is 0 Å². The first-order valence-corrected chi connectivity index (χ1v) is 9.18. The van der Waals surface area contributed by atoms with E-state index in [1.54, 1.807) is 0 Å². The van der Waals surface area contributed by atoms with Crippen LogP contribution < -0.4 is 4.74 Å². The highest BCUT2D eigenvalue weighted by molar-refractivity contribution is 5.84. The third-order valence-electron chi connectivity index (χ3n) is 5.97. The van der Waals surface area contributed by atoms with Crippen LogP contribution in [-0.4, -0.2) is 40.1 Å². The van der Waals surface area contributed by atoms with E-state index >= 15 is 0 Å². The average molecular weight is 333 g/mol. The lowest BCUT2D eigenvalue weighted by molar-refractivity contribution is 0.0633. The smallest absolute Gasteiger partial charge is 0.213 e. The van der Waals surface area contributed by atoms with Gasteiger partial charge in [0, 0.05) is 41.6 Å². The van der Waals surface area contributed by atoms with Crippen LogP contribution in [0.3, 0.4) is 0 Å². The van der Waals surface area contributed by atoms with Crippen LogP contribution in [0.1, 0.15) is 25.7 Å². The van der Waals surface area contributed by atoms with E-state index in [1.807, 2.05) is 18.5 Å². The SMILES string of the molecule is CN1C2CCC1CC(Oc1ccc(-c3ccc4[nH]ccc4c3)cn1)C2. The number of nitrogens with zero attached hydrogens (tertiary/aromatic N) is 2. The van der Waals surface area contributed by atoms with Crippen molar-refractivity contribution in [2.45, 2.75) is 43.9 Å². The molecule has 1 aromatic carbocycles. The molecule has 5 rings (SSSR count). The maximum atomic E-state index is 6.19. The highest BCUT2D eigenvalue weighted by Gasteiger charge is 2.39. The topological polar surface area (TPSA) is 41.1 Å². The van der Waals surface area contributed by atoms with Crippen molar-refractivity contribution in [2.24, 2.45) is 0 Å². The highest BCUT2D eigenvalue weighted by Crippen LogP contribution is 2.35. The van der Waals surface area contributed by atoms with E-state index in [4.69, 9.17) is 4.74 Å². The summed E-state index contributed by atoms with van der Waals surface area (Å²) in [5, 5.41) is 1.22. The molecule has 25 heavy (non-hydrogen) atoms. The summed E-state index contributed by atoms with van der Waals surface area (Å²) in [7, 11) is 2.26. The van der Waals surface area contributed by atoms with Gasteiger partial charge in [-0.2, -0.15) is 0 Å². The van der Waals surface area contributed by atoms with Crippen molar-refractivity contribution in [3.8, 4) is 17.0 Å². The maximum absolute atomic E-state index is 6.19. The van der Waals surface area contributed by atoms with Gasteiger partial charge in [-0.1, -0.05) is 6.07 Å². The van der Waals surface area contributed by atoms with E-state index in [9.17, 15) is 0 Å². The number of piperidine rings is 1. The lowest BCUT2D eigenvalue weighted by Crippen LogP contribution is -2.43. The highest BCUT2D eigenvalue weighted by atomic mass is 16.5. The summed E-state index contributed by atoms with van der Waals surface area (Å²) in [6, 6.07) is 14.0. The number of pyridine rings is 1. The Labute approximate surface area is 147 Å². The predicted molar refractivity (Wildman–Crippen MR) is 99.8 cm³/mol. The number of hydrogen-bond acceptors (Lipinski definition) is 3. The monoisotopic (exact) mass is 333 g/mol. The molecule has 0 amide bonds. The van der Waals surface area contributed by atoms with Gasteiger partial charge >= 0.3 is 0 Å². The Morgan fingerprint density at radius 3 is 2.60 bits per heavy atom. The molecule has 2 unspecified atom stereocenters. The summed E-state index contributed by atoms with van der Waals surface area (Å²) in [4.78, 5) is 10.3. The van der Waals surface area contributed by atoms with E-state index in [1.165, 1.54) is 23.8 Å². The Morgan fingerprint density at radius 1 is 1.04 bits per heavy atom. The van der Waals surface area contributed by atoms with Gasteiger partial charge in [-0.3, -0.25) is 0 Å². The number of rotatable bonds is 3. The molecule has 2 fully saturated rings. The van der Waals surface area contributed by atoms with Crippen molar-refractivity contribution in [3.63, 3.8) is 0 Å². The molecule has 128 valence electrons. The molecule has 2 aliphatic heterocycles. The molecule has 1 N–H and O–H groups in total. The van der Waals surface area contributed by atoms with E-state index < -0.39 is 0 Å². The average Bonchev–Trinajstić information content (AvgIpc) is 3.16. The number of fused-ring (bicyclic) bond motifs is 3. The Balaban J connectivity index is 1.31. The van der Waals surface area contributed by atoms with Crippen LogP contribution in [0.4, 0.5) is 0 Å². The maximum Gasteiger partial charge on any atom is 0.213 e. The zero-order valence-electron chi connectivity index (χ0n) is 14.5. The van der Waals surface area contributed by atoms with Gasteiger partial charge in [0.1, 0.15) is 6.10 Å². The first-order valence-electron chi connectivity index (χ1n) is 9.18. The molecule has 0 radical (unpaired) electrons. The largest absolute Gasteiger partial charge is 0.474 e. The number of aromatic amines is 1. The summed E-state index contributed by atoms with van der Waals surface area (Å²) in [5.74, 6) is 0.750. The zero-order chi connectivity index (χ0) is 16.8. The molecule has 0 saturated carbocycles. The second-order valence-electron chi connectivity index (χ2n) is 7.43. The van der Waals surface area contributed by atoms with Crippen LogP contribution in [0.15, 0.2) is 48.8 Å². The molecule has 4 heteroatoms. The van der Waals surface area contributed by atoms with Crippen LogP contribution >= 0.6 is 0 Å². The quantitative estimate of drug-likeness (QED) is 0.780. The molecule has 2 atom stereocenters. The summed E-state index contributed by atoms with van der Waals surface area (Å²) in [6.45, 7) is 0. The first-order chi connectivity index (χ1) is 12.3. The van der Waals surface area contributed by atoms with Gasteiger partial charge in [-0.05, 0) is 67.9 Å². The zero-order valence-corrected chi connectivity index (χ0v) is 14.5. The van der Waals surface area contributed by atoms with Gasteiger partial charge in [0.05, 0.1) is 0 Å². The van der Waals surface area contributed by atoms with Crippen LogP contribution in [0, 0.1) is 0 Å². The fourth-order valence-electron chi connectivity index (χ4n) is 4.48. The van der Waals surface area contributed by atoms with Gasteiger partial charge < -0.3 is 14.6 Å². The van der Waals surface area contributed by atoms with Gasteiger partial charge in [-0.15, -0.1) is 0 Å². The molecule has 2 aromatic heterocycles. The standard InChI is InChI=1S/C21H23N3O/c1-24-17-4-5-18(24)12-19(11-17)25-21-7-3-16(13-23-21)14-2-6-20-15(10-14)8-9-22-20/h2-3,6-10,13,17-19,22H,4-5,11-12H2,1H3.